The van der Waals surface area contributed by atoms with Gasteiger partial charge in [-0.2, -0.15) is 5.10 Å². The molecule has 2 aromatic rings. The average molecular weight is 292 g/mol. The minimum atomic E-state index is -0.539. The number of anilines is 1. The third-order valence-corrected chi connectivity index (χ3v) is 2.53. The second-order valence-electron chi connectivity index (χ2n) is 5.58. The highest BCUT2D eigenvalue weighted by molar-refractivity contribution is 5.84. The first-order chi connectivity index (χ1) is 9.94. The molecule has 114 valence electrons. The molecule has 0 aliphatic heterocycles. The van der Waals surface area contributed by atoms with Gasteiger partial charge in [0, 0.05) is 30.5 Å². The van der Waals surface area contributed by atoms with Crippen LogP contribution in [0.4, 0.5) is 10.6 Å². The van der Waals surface area contributed by atoms with Crippen molar-refractivity contribution >= 4 is 11.9 Å². The van der Waals surface area contributed by atoms with Crippen molar-refractivity contribution in [2.75, 3.05) is 5.32 Å². The normalized spacial score (nSPS) is 11.4. The monoisotopic (exact) mass is 292 g/mol. The van der Waals surface area contributed by atoms with Crippen LogP contribution >= 0.6 is 0 Å². The summed E-state index contributed by atoms with van der Waals surface area (Å²) < 4.78 is 5.20. The Morgan fingerprint density at radius 1 is 1.33 bits per heavy atom. The smallest absolute Gasteiger partial charge is 0.413 e. The summed E-state index contributed by atoms with van der Waals surface area (Å²) in [5.41, 5.74) is 1.30. The van der Waals surface area contributed by atoms with Crippen LogP contribution in [0.25, 0.3) is 0 Å². The number of H-pyrrole nitrogens is 2. The number of carbonyl (C=O) groups is 1. The molecule has 0 unspecified atom stereocenters. The molecular weight excluding hydrogens is 272 g/mol. The first kappa shape index (κ1) is 15.0. The maximum Gasteiger partial charge on any atom is 0.413 e. The molecule has 0 fully saturated rings. The lowest BCUT2D eigenvalue weighted by Crippen LogP contribution is -2.27. The van der Waals surface area contributed by atoms with E-state index in [1.54, 1.807) is 18.7 Å². The van der Waals surface area contributed by atoms with Gasteiger partial charge in [0.1, 0.15) is 11.4 Å². The predicted molar refractivity (Wildman–Crippen MR) is 77.6 cm³/mol. The Morgan fingerprint density at radius 2 is 2.14 bits per heavy atom. The fraction of sp³-hybridized carbons (Fsp3) is 0.462. The van der Waals surface area contributed by atoms with Gasteiger partial charge in [0.2, 0.25) is 0 Å². The van der Waals surface area contributed by atoms with Crippen molar-refractivity contribution in [2.24, 2.45) is 0 Å². The summed E-state index contributed by atoms with van der Waals surface area (Å²) in [5, 5.41) is 12.6. The van der Waals surface area contributed by atoms with Gasteiger partial charge in [-0.25, -0.2) is 9.78 Å². The molecule has 1 amide bonds. The summed E-state index contributed by atoms with van der Waals surface area (Å²) in [7, 11) is 0. The third kappa shape index (κ3) is 4.92. The van der Waals surface area contributed by atoms with Crippen LogP contribution in [0.2, 0.25) is 0 Å². The minimum Gasteiger partial charge on any atom is -0.444 e. The van der Waals surface area contributed by atoms with E-state index in [9.17, 15) is 4.79 Å². The van der Waals surface area contributed by atoms with Crippen molar-refractivity contribution < 1.29 is 9.53 Å². The molecule has 0 saturated carbocycles. The molecule has 0 aromatic carbocycles. The van der Waals surface area contributed by atoms with Gasteiger partial charge in [-0.05, 0) is 20.8 Å². The molecule has 4 N–H and O–H groups in total. The number of carbonyl (C=O) groups excluding carboxylic acids is 1. The number of aromatic nitrogens is 4. The molecule has 21 heavy (non-hydrogen) atoms. The number of nitrogens with one attached hydrogen (secondary N) is 4. The Balaban J connectivity index is 1.85. The number of rotatable bonds is 5. The molecule has 0 aliphatic rings. The Bertz CT molecular complexity index is 570. The molecule has 0 spiro atoms. The van der Waals surface area contributed by atoms with Crippen LogP contribution in [0, 0.1) is 0 Å². The molecule has 0 atom stereocenters. The average Bonchev–Trinajstić information content (AvgIpc) is 2.99. The van der Waals surface area contributed by atoms with Crippen LogP contribution in [0.5, 0.6) is 0 Å². The number of ether oxygens (including phenoxy) is 1. The number of hydrogen-bond donors (Lipinski definition) is 4. The second kappa shape index (κ2) is 6.40. The van der Waals surface area contributed by atoms with Crippen molar-refractivity contribution in [3.63, 3.8) is 0 Å². The highest BCUT2D eigenvalue weighted by Gasteiger charge is 2.17. The van der Waals surface area contributed by atoms with E-state index in [1.807, 2.05) is 20.8 Å². The summed E-state index contributed by atoms with van der Waals surface area (Å²) in [6, 6.07) is 0. The lowest BCUT2D eigenvalue weighted by atomic mass is 10.2. The Labute approximate surface area is 122 Å². The molecule has 2 aromatic heterocycles. The summed E-state index contributed by atoms with van der Waals surface area (Å²) in [4.78, 5) is 18.7. The van der Waals surface area contributed by atoms with Gasteiger partial charge in [-0.1, -0.05) is 0 Å². The molecule has 2 rings (SSSR count). The zero-order valence-electron chi connectivity index (χ0n) is 12.4. The standard InChI is InChI=1S/C13H20N6O2/c1-13(2,3)21-12(20)18-11-9(5-17-19-11)4-14-6-10-7-15-8-16-10/h5,7-8,14H,4,6H2,1-3H3,(H,15,16)(H2,17,18,19,20). The van der Waals surface area contributed by atoms with E-state index in [-0.39, 0.29) is 0 Å². The first-order valence-corrected chi connectivity index (χ1v) is 6.64. The highest BCUT2D eigenvalue weighted by atomic mass is 16.6. The Kier molecular flexibility index (Phi) is 4.59. The predicted octanol–water partition coefficient (Wildman–Crippen LogP) is 1.77. The van der Waals surface area contributed by atoms with E-state index in [0.29, 0.717) is 18.9 Å². The molecular formula is C13H20N6O2. The van der Waals surface area contributed by atoms with Crippen LogP contribution in [-0.4, -0.2) is 31.9 Å². The van der Waals surface area contributed by atoms with E-state index in [2.05, 4.69) is 30.8 Å². The van der Waals surface area contributed by atoms with Crippen LogP contribution in [0.1, 0.15) is 32.0 Å². The van der Waals surface area contributed by atoms with Gasteiger partial charge in [-0.3, -0.25) is 10.4 Å². The molecule has 0 saturated heterocycles. The molecule has 2 heterocycles. The van der Waals surface area contributed by atoms with Crippen molar-refractivity contribution in [3.05, 3.63) is 30.0 Å². The molecule has 8 nitrogen and oxygen atoms in total. The van der Waals surface area contributed by atoms with Gasteiger partial charge in [0.05, 0.1) is 12.5 Å². The fourth-order valence-electron chi connectivity index (χ4n) is 1.67. The highest BCUT2D eigenvalue weighted by Crippen LogP contribution is 2.13. The zero-order valence-corrected chi connectivity index (χ0v) is 12.4. The number of imidazole rings is 1. The SMILES string of the molecule is CC(C)(C)OC(=O)Nc1[nH]ncc1CNCc1cnc[nH]1. The molecule has 8 heteroatoms. The van der Waals surface area contributed by atoms with E-state index < -0.39 is 11.7 Å². The summed E-state index contributed by atoms with van der Waals surface area (Å²) >= 11 is 0. The van der Waals surface area contributed by atoms with Crippen molar-refractivity contribution in [1.82, 2.24) is 25.5 Å². The zero-order chi connectivity index (χ0) is 15.3. The third-order valence-electron chi connectivity index (χ3n) is 2.53. The van der Waals surface area contributed by atoms with Gasteiger partial charge in [0.15, 0.2) is 0 Å². The molecule has 0 radical (unpaired) electrons. The lowest BCUT2D eigenvalue weighted by Gasteiger charge is -2.19. The van der Waals surface area contributed by atoms with Crippen LogP contribution in [-0.2, 0) is 17.8 Å². The maximum atomic E-state index is 11.7. The van der Waals surface area contributed by atoms with Gasteiger partial charge in [-0.15, -0.1) is 0 Å². The van der Waals surface area contributed by atoms with E-state index in [1.165, 1.54) is 0 Å². The Morgan fingerprint density at radius 3 is 2.81 bits per heavy atom. The fourth-order valence-corrected chi connectivity index (χ4v) is 1.67. The minimum absolute atomic E-state index is 0.512. The largest absolute Gasteiger partial charge is 0.444 e. The first-order valence-electron chi connectivity index (χ1n) is 6.64. The number of hydrogen-bond acceptors (Lipinski definition) is 5. The molecule has 0 aliphatic carbocycles. The van der Waals surface area contributed by atoms with Crippen molar-refractivity contribution in [2.45, 2.75) is 39.5 Å². The van der Waals surface area contributed by atoms with Crippen LogP contribution in [0.15, 0.2) is 18.7 Å². The maximum absolute atomic E-state index is 11.7. The lowest BCUT2D eigenvalue weighted by molar-refractivity contribution is 0.0635. The van der Waals surface area contributed by atoms with Crippen LogP contribution < -0.4 is 10.6 Å². The number of aromatic amines is 2. The van der Waals surface area contributed by atoms with E-state index in [4.69, 9.17) is 4.74 Å². The topological polar surface area (TPSA) is 108 Å². The van der Waals surface area contributed by atoms with Crippen LogP contribution in [0.3, 0.4) is 0 Å². The summed E-state index contributed by atoms with van der Waals surface area (Å²) in [6.45, 7) is 6.64. The number of amides is 1. The quantitative estimate of drug-likeness (QED) is 0.671. The van der Waals surface area contributed by atoms with E-state index in [0.717, 1.165) is 11.3 Å². The summed E-state index contributed by atoms with van der Waals surface area (Å²) in [5.74, 6) is 0.529. The second-order valence-corrected chi connectivity index (χ2v) is 5.58. The number of nitrogens with zero attached hydrogens (tertiary/aromatic N) is 2. The van der Waals surface area contributed by atoms with Crippen molar-refractivity contribution in [1.29, 1.82) is 0 Å². The van der Waals surface area contributed by atoms with Crippen molar-refractivity contribution in [3.8, 4) is 0 Å². The van der Waals surface area contributed by atoms with Gasteiger partial charge >= 0.3 is 6.09 Å². The van der Waals surface area contributed by atoms with E-state index >= 15 is 0 Å². The van der Waals surface area contributed by atoms with Gasteiger partial charge < -0.3 is 15.0 Å². The molecule has 0 bridgehead atoms. The summed E-state index contributed by atoms with van der Waals surface area (Å²) in [6.07, 6.45) is 4.53. The van der Waals surface area contributed by atoms with Gasteiger partial charge in [0.25, 0.3) is 0 Å². The Hall–Kier alpha value is -2.35.